The Morgan fingerprint density at radius 3 is 3.28 bits per heavy atom. The molecule has 1 aliphatic heterocycles. The fourth-order valence-electron chi connectivity index (χ4n) is 2.42. The highest BCUT2D eigenvalue weighted by atomic mass is 16.3. The quantitative estimate of drug-likeness (QED) is 0.838. The van der Waals surface area contributed by atoms with Gasteiger partial charge in [0.2, 0.25) is 5.91 Å². The number of hydrogen-bond donors (Lipinski definition) is 2. The van der Waals surface area contributed by atoms with E-state index in [9.17, 15) is 4.79 Å². The van der Waals surface area contributed by atoms with Gasteiger partial charge in [0.05, 0.1) is 6.26 Å². The molecule has 2 atom stereocenters. The van der Waals surface area contributed by atoms with Gasteiger partial charge in [-0.2, -0.15) is 0 Å². The average molecular weight is 250 g/mol. The maximum Gasteiger partial charge on any atom is 0.221 e. The van der Waals surface area contributed by atoms with E-state index in [0.29, 0.717) is 18.5 Å². The monoisotopic (exact) mass is 250 g/mol. The second kappa shape index (κ2) is 6.59. The number of carbonyl (C=O) groups is 1. The van der Waals surface area contributed by atoms with Crippen LogP contribution in [0.2, 0.25) is 0 Å². The minimum atomic E-state index is 0.170. The molecular formula is C14H22N2O2. The molecule has 0 bridgehead atoms. The topological polar surface area (TPSA) is 54.3 Å². The molecule has 1 aromatic rings. The third kappa shape index (κ3) is 4.18. The molecule has 1 fully saturated rings. The molecule has 2 heterocycles. The van der Waals surface area contributed by atoms with E-state index < -0.39 is 0 Å². The molecule has 1 saturated heterocycles. The van der Waals surface area contributed by atoms with Crippen molar-refractivity contribution in [1.82, 2.24) is 10.6 Å². The molecule has 2 rings (SSSR count). The summed E-state index contributed by atoms with van der Waals surface area (Å²) in [6.45, 7) is 2.99. The summed E-state index contributed by atoms with van der Waals surface area (Å²) in [7, 11) is 0. The molecule has 18 heavy (non-hydrogen) atoms. The lowest BCUT2D eigenvalue weighted by Gasteiger charge is -2.20. The zero-order valence-corrected chi connectivity index (χ0v) is 10.9. The Hall–Kier alpha value is -1.29. The first-order valence-corrected chi connectivity index (χ1v) is 6.79. The first-order chi connectivity index (χ1) is 8.74. The maximum absolute atomic E-state index is 11.5. The molecule has 0 radical (unpaired) electrons. The molecule has 1 aliphatic rings. The van der Waals surface area contributed by atoms with Crippen molar-refractivity contribution in [2.75, 3.05) is 6.54 Å². The van der Waals surface area contributed by atoms with Gasteiger partial charge in [0, 0.05) is 31.5 Å². The molecule has 100 valence electrons. The van der Waals surface area contributed by atoms with E-state index in [1.807, 2.05) is 12.1 Å². The highest BCUT2D eigenvalue weighted by Gasteiger charge is 2.18. The summed E-state index contributed by atoms with van der Waals surface area (Å²) >= 11 is 0. The van der Waals surface area contributed by atoms with Crippen molar-refractivity contribution < 1.29 is 9.21 Å². The van der Waals surface area contributed by atoms with Gasteiger partial charge in [0.15, 0.2) is 0 Å². The predicted molar refractivity (Wildman–Crippen MR) is 70.3 cm³/mol. The first-order valence-electron chi connectivity index (χ1n) is 6.79. The van der Waals surface area contributed by atoms with Crippen LogP contribution >= 0.6 is 0 Å². The van der Waals surface area contributed by atoms with Crippen molar-refractivity contribution in [1.29, 1.82) is 0 Å². The Labute approximate surface area is 108 Å². The van der Waals surface area contributed by atoms with Crippen LogP contribution in [-0.4, -0.2) is 24.5 Å². The minimum absolute atomic E-state index is 0.170. The highest BCUT2D eigenvalue weighted by molar-refractivity contribution is 5.76. The molecule has 4 heteroatoms. The van der Waals surface area contributed by atoms with Crippen molar-refractivity contribution in [3.05, 3.63) is 24.2 Å². The fourth-order valence-corrected chi connectivity index (χ4v) is 2.42. The van der Waals surface area contributed by atoms with E-state index in [1.54, 1.807) is 6.26 Å². The van der Waals surface area contributed by atoms with Crippen LogP contribution in [0.15, 0.2) is 22.8 Å². The van der Waals surface area contributed by atoms with Crippen LogP contribution in [0, 0.1) is 0 Å². The summed E-state index contributed by atoms with van der Waals surface area (Å²) in [5.41, 5.74) is 0. The van der Waals surface area contributed by atoms with Gasteiger partial charge >= 0.3 is 0 Å². The standard InChI is InChI=1S/C14H22N2O2/c1-11(6-7-13-5-3-9-18-13)16-12-4-2-8-15-14(17)10-12/h3,5,9,11-12,16H,2,4,6-8,10H2,1H3,(H,15,17). The van der Waals surface area contributed by atoms with E-state index in [-0.39, 0.29) is 5.91 Å². The molecule has 0 saturated carbocycles. The predicted octanol–water partition coefficient (Wildman–Crippen LogP) is 1.86. The molecule has 0 aromatic carbocycles. The zero-order valence-electron chi connectivity index (χ0n) is 10.9. The third-order valence-electron chi connectivity index (χ3n) is 3.41. The number of carbonyl (C=O) groups excluding carboxylic acids is 1. The number of furan rings is 1. The lowest BCUT2D eigenvalue weighted by atomic mass is 10.1. The zero-order chi connectivity index (χ0) is 12.8. The van der Waals surface area contributed by atoms with Crippen molar-refractivity contribution >= 4 is 5.91 Å². The molecule has 0 aliphatic carbocycles. The van der Waals surface area contributed by atoms with E-state index in [4.69, 9.17) is 4.42 Å². The van der Waals surface area contributed by atoms with Crippen LogP contribution in [0.1, 0.15) is 38.4 Å². The number of nitrogens with one attached hydrogen (secondary N) is 2. The second-order valence-corrected chi connectivity index (χ2v) is 5.08. The molecule has 1 amide bonds. The van der Waals surface area contributed by atoms with Gasteiger partial charge < -0.3 is 15.1 Å². The van der Waals surface area contributed by atoms with Crippen molar-refractivity contribution in [3.63, 3.8) is 0 Å². The summed E-state index contributed by atoms with van der Waals surface area (Å²) in [6, 6.07) is 4.65. The summed E-state index contributed by atoms with van der Waals surface area (Å²) in [5, 5.41) is 6.46. The van der Waals surface area contributed by atoms with Gasteiger partial charge in [-0.3, -0.25) is 4.79 Å². The Balaban J connectivity index is 1.72. The maximum atomic E-state index is 11.5. The minimum Gasteiger partial charge on any atom is -0.469 e. The molecule has 0 spiro atoms. The van der Waals surface area contributed by atoms with E-state index in [2.05, 4.69) is 17.6 Å². The van der Waals surface area contributed by atoms with Gasteiger partial charge in [0.1, 0.15) is 5.76 Å². The van der Waals surface area contributed by atoms with E-state index in [0.717, 1.165) is 38.0 Å². The Morgan fingerprint density at radius 1 is 1.61 bits per heavy atom. The number of aryl methyl sites for hydroxylation is 1. The largest absolute Gasteiger partial charge is 0.469 e. The van der Waals surface area contributed by atoms with E-state index >= 15 is 0 Å². The van der Waals surface area contributed by atoms with Crippen molar-refractivity contribution in [2.45, 2.75) is 51.1 Å². The lowest BCUT2D eigenvalue weighted by Crippen LogP contribution is -2.38. The molecule has 1 aromatic heterocycles. The van der Waals surface area contributed by atoms with Crippen molar-refractivity contribution in [2.24, 2.45) is 0 Å². The first kappa shape index (κ1) is 13.1. The van der Waals surface area contributed by atoms with Gasteiger partial charge in [-0.15, -0.1) is 0 Å². The van der Waals surface area contributed by atoms with Gasteiger partial charge in [0.25, 0.3) is 0 Å². The molecule has 4 nitrogen and oxygen atoms in total. The van der Waals surface area contributed by atoms with Crippen LogP contribution in [0.3, 0.4) is 0 Å². The van der Waals surface area contributed by atoms with Crippen LogP contribution in [0.5, 0.6) is 0 Å². The fraction of sp³-hybridized carbons (Fsp3) is 0.643. The third-order valence-corrected chi connectivity index (χ3v) is 3.41. The SMILES string of the molecule is CC(CCc1ccco1)NC1CCCNC(=O)C1. The van der Waals surface area contributed by atoms with Crippen LogP contribution in [-0.2, 0) is 11.2 Å². The number of rotatable bonds is 5. The van der Waals surface area contributed by atoms with E-state index in [1.165, 1.54) is 0 Å². The second-order valence-electron chi connectivity index (χ2n) is 5.08. The van der Waals surface area contributed by atoms with Gasteiger partial charge in [-0.25, -0.2) is 0 Å². The van der Waals surface area contributed by atoms with Crippen LogP contribution in [0.4, 0.5) is 0 Å². The number of hydrogen-bond acceptors (Lipinski definition) is 3. The molecular weight excluding hydrogens is 228 g/mol. The highest BCUT2D eigenvalue weighted by Crippen LogP contribution is 2.10. The van der Waals surface area contributed by atoms with Crippen LogP contribution < -0.4 is 10.6 Å². The lowest BCUT2D eigenvalue weighted by molar-refractivity contribution is -0.121. The van der Waals surface area contributed by atoms with Crippen LogP contribution in [0.25, 0.3) is 0 Å². The normalized spacial score (nSPS) is 22.3. The van der Waals surface area contributed by atoms with Gasteiger partial charge in [-0.05, 0) is 38.3 Å². The molecule has 2 N–H and O–H groups in total. The Kier molecular flexibility index (Phi) is 4.81. The van der Waals surface area contributed by atoms with Gasteiger partial charge in [-0.1, -0.05) is 0 Å². The molecule has 2 unspecified atom stereocenters. The summed E-state index contributed by atoms with van der Waals surface area (Å²) in [4.78, 5) is 11.5. The summed E-state index contributed by atoms with van der Waals surface area (Å²) in [5.74, 6) is 1.20. The smallest absolute Gasteiger partial charge is 0.221 e. The summed E-state index contributed by atoms with van der Waals surface area (Å²) < 4.78 is 5.32. The average Bonchev–Trinajstić information content (AvgIpc) is 2.77. The Bertz CT molecular complexity index is 362. The Morgan fingerprint density at radius 2 is 2.50 bits per heavy atom. The van der Waals surface area contributed by atoms with Crippen molar-refractivity contribution in [3.8, 4) is 0 Å². The number of amides is 1. The summed E-state index contributed by atoms with van der Waals surface area (Å²) in [6.07, 6.45) is 6.43.